The molecular weight excluding hydrogens is 214 g/mol. The van der Waals surface area contributed by atoms with E-state index in [0.717, 1.165) is 24.5 Å². The van der Waals surface area contributed by atoms with Crippen LogP contribution in [0.5, 0.6) is 0 Å². The molecule has 0 spiro atoms. The number of nitrogens with zero attached hydrogens (tertiary/aromatic N) is 2. The lowest BCUT2D eigenvalue weighted by molar-refractivity contribution is -0.115. The van der Waals surface area contributed by atoms with Crippen LogP contribution < -0.4 is 10.2 Å². The number of aromatic nitrogens is 1. The molecule has 0 radical (unpaired) electrons. The Morgan fingerprint density at radius 1 is 1.53 bits per heavy atom. The fourth-order valence-electron chi connectivity index (χ4n) is 2.01. The van der Waals surface area contributed by atoms with E-state index in [9.17, 15) is 4.79 Å². The third-order valence-electron chi connectivity index (χ3n) is 2.84. The van der Waals surface area contributed by atoms with Gasteiger partial charge < -0.3 is 10.2 Å². The zero-order chi connectivity index (χ0) is 12.1. The van der Waals surface area contributed by atoms with Crippen molar-refractivity contribution >= 4 is 11.7 Å². The number of hydrogen-bond donors (Lipinski definition) is 1. The molecule has 1 aromatic rings. The molecule has 17 heavy (non-hydrogen) atoms. The smallest absolute Gasteiger partial charge is 0.295 e. The van der Waals surface area contributed by atoms with Gasteiger partial charge in [0.25, 0.3) is 5.91 Å². The molecule has 0 atom stereocenters. The molecule has 2 rings (SSSR count). The van der Waals surface area contributed by atoms with Gasteiger partial charge in [-0.3, -0.25) is 4.79 Å². The van der Waals surface area contributed by atoms with Gasteiger partial charge in [0.1, 0.15) is 5.82 Å². The van der Waals surface area contributed by atoms with Crippen LogP contribution in [-0.4, -0.2) is 24.0 Å². The lowest BCUT2D eigenvalue weighted by Crippen LogP contribution is -2.25. The number of nitrogens with one attached hydrogen (secondary N) is 1. The van der Waals surface area contributed by atoms with E-state index in [0.29, 0.717) is 6.54 Å². The first-order valence-electron chi connectivity index (χ1n) is 5.74. The van der Waals surface area contributed by atoms with Crippen molar-refractivity contribution in [3.05, 3.63) is 23.9 Å². The van der Waals surface area contributed by atoms with Crippen molar-refractivity contribution in [2.45, 2.75) is 19.4 Å². The summed E-state index contributed by atoms with van der Waals surface area (Å²) >= 11 is 0. The number of pyridine rings is 1. The highest BCUT2D eigenvalue weighted by atomic mass is 16.1. The van der Waals surface area contributed by atoms with Crippen molar-refractivity contribution in [1.82, 2.24) is 10.3 Å². The van der Waals surface area contributed by atoms with E-state index >= 15 is 0 Å². The Labute approximate surface area is 101 Å². The number of carbonyl (C=O) groups excluding carboxylic acids is 1. The second-order valence-corrected chi connectivity index (χ2v) is 4.01. The third kappa shape index (κ3) is 2.76. The third-order valence-corrected chi connectivity index (χ3v) is 2.84. The van der Waals surface area contributed by atoms with Gasteiger partial charge in [0.2, 0.25) is 0 Å². The molecule has 1 N–H and O–H groups in total. The summed E-state index contributed by atoms with van der Waals surface area (Å²) < 4.78 is 0. The molecular formula is C13H15N3O. The van der Waals surface area contributed by atoms with Crippen molar-refractivity contribution in [2.75, 3.05) is 18.0 Å². The lowest BCUT2D eigenvalue weighted by atomic mass is 10.2. The molecule has 0 aromatic carbocycles. The minimum atomic E-state index is -0.388. The van der Waals surface area contributed by atoms with Gasteiger partial charge in [0.15, 0.2) is 0 Å². The molecule has 4 nitrogen and oxygen atoms in total. The van der Waals surface area contributed by atoms with Crippen LogP contribution in [0.3, 0.4) is 0 Å². The summed E-state index contributed by atoms with van der Waals surface area (Å²) in [6.07, 6.45) is 9.19. The Bertz CT molecular complexity index is 444. The van der Waals surface area contributed by atoms with Crippen LogP contribution in [0.1, 0.15) is 18.4 Å². The van der Waals surface area contributed by atoms with E-state index in [2.05, 4.69) is 15.2 Å². The number of amides is 1. The van der Waals surface area contributed by atoms with Crippen LogP contribution in [0.4, 0.5) is 5.82 Å². The van der Waals surface area contributed by atoms with E-state index in [1.807, 2.05) is 18.1 Å². The van der Waals surface area contributed by atoms with Crippen LogP contribution in [0.25, 0.3) is 0 Å². The monoisotopic (exact) mass is 229 g/mol. The van der Waals surface area contributed by atoms with Gasteiger partial charge in [0, 0.05) is 31.4 Å². The van der Waals surface area contributed by atoms with Crippen LogP contribution in [-0.2, 0) is 11.3 Å². The molecule has 0 aliphatic carbocycles. The van der Waals surface area contributed by atoms with Crippen molar-refractivity contribution in [1.29, 1.82) is 0 Å². The van der Waals surface area contributed by atoms with E-state index in [-0.39, 0.29) is 5.91 Å². The minimum absolute atomic E-state index is 0.388. The predicted octanol–water partition coefficient (Wildman–Crippen LogP) is 0.931. The second kappa shape index (κ2) is 5.35. The summed E-state index contributed by atoms with van der Waals surface area (Å²) in [6, 6.07) is 3.84. The maximum atomic E-state index is 11.0. The Morgan fingerprint density at radius 2 is 2.29 bits per heavy atom. The van der Waals surface area contributed by atoms with E-state index in [4.69, 9.17) is 6.42 Å². The summed E-state index contributed by atoms with van der Waals surface area (Å²) in [5.41, 5.74) is 1.01. The Balaban J connectivity index is 2.10. The molecule has 1 aliphatic heterocycles. The van der Waals surface area contributed by atoms with Gasteiger partial charge in [-0.05, 0) is 24.8 Å². The highest BCUT2D eigenvalue weighted by molar-refractivity contribution is 5.92. The van der Waals surface area contributed by atoms with Gasteiger partial charge >= 0.3 is 0 Å². The topological polar surface area (TPSA) is 45.2 Å². The zero-order valence-corrected chi connectivity index (χ0v) is 9.65. The number of hydrogen-bond acceptors (Lipinski definition) is 3. The Hall–Kier alpha value is -2.02. The SMILES string of the molecule is C#CC(=O)NCc1cccnc1N1CCCC1. The molecule has 0 saturated carbocycles. The molecule has 2 heterocycles. The zero-order valence-electron chi connectivity index (χ0n) is 9.65. The van der Waals surface area contributed by atoms with Gasteiger partial charge in [0.05, 0.1) is 0 Å². The molecule has 1 aliphatic rings. The highest BCUT2D eigenvalue weighted by Crippen LogP contribution is 2.21. The number of anilines is 1. The average molecular weight is 229 g/mol. The number of terminal acetylenes is 1. The lowest BCUT2D eigenvalue weighted by Gasteiger charge is -2.19. The summed E-state index contributed by atoms with van der Waals surface area (Å²) in [7, 11) is 0. The van der Waals surface area contributed by atoms with Crippen molar-refractivity contribution in [2.24, 2.45) is 0 Å². The molecule has 88 valence electrons. The normalized spacial score (nSPS) is 14.4. The first kappa shape index (κ1) is 11.5. The second-order valence-electron chi connectivity index (χ2n) is 4.01. The van der Waals surface area contributed by atoms with Gasteiger partial charge in [-0.1, -0.05) is 6.07 Å². The van der Waals surface area contributed by atoms with Crippen molar-refractivity contribution < 1.29 is 4.79 Å². The fraction of sp³-hybridized carbons (Fsp3) is 0.385. The van der Waals surface area contributed by atoms with Crippen LogP contribution >= 0.6 is 0 Å². The molecule has 1 saturated heterocycles. The Morgan fingerprint density at radius 3 is 3.00 bits per heavy atom. The molecule has 1 aromatic heterocycles. The quantitative estimate of drug-likeness (QED) is 0.784. The first-order valence-corrected chi connectivity index (χ1v) is 5.74. The van der Waals surface area contributed by atoms with Crippen LogP contribution in [0, 0.1) is 12.3 Å². The molecule has 1 amide bonds. The largest absolute Gasteiger partial charge is 0.356 e. The summed E-state index contributed by atoms with van der Waals surface area (Å²) in [5, 5.41) is 2.67. The van der Waals surface area contributed by atoms with Crippen molar-refractivity contribution in [3.8, 4) is 12.3 Å². The van der Waals surface area contributed by atoms with Crippen molar-refractivity contribution in [3.63, 3.8) is 0 Å². The van der Waals surface area contributed by atoms with Crippen LogP contribution in [0.2, 0.25) is 0 Å². The summed E-state index contributed by atoms with van der Waals surface area (Å²) in [4.78, 5) is 17.7. The molecule has 4 heteroatoms. The predicted molar refractivity (Wildman–Crippen MR) is 66.4 cm³/mol. The van der Waals surface area contributed by atoms with Gasteiger partial charge in [-0.2, -0.15) is 0 Å². The highest BCUT2D eigenvalue weighted by Gasteiger charge is 2.16. The molecule has 0 bridgehead atoms. The van der Waals surface area contributed by atoms with Gasteiger partial charge in [-0.25, -0.2) is 4.98 Å². The van der Waals surface area contributed by atoms with Gasteiger partial charge in [-0.15, -0.1) is 6.42 Å². The van der Waals surface area contributed by atoms with E-state index in [1.54, 1.807) is 6.20 Å². The van der Waals surface area contributed by atoms with E-state index in [1.165, 1.54) is 12.8 Å². The summed E-state index contributed by atoms with van der Waals surface area (Å²) in [5.74, 6) is 2.61. The van der Waals surface area contributed by atoms with E-state index < -0.39 is 0 Å². The number of rotatable bonds is 3. The summed E-state index contributed by atoms with van der Waals surface area (Å²) in [6.45, 7) is 2.50. The average Bonchev–Trinajstić information content (AvgIpc) is 2.90. The Kier molecular flexibility index (Phi) is 3.61. The fourth-order valence-corrected chi connectivity index (χ4v) is 2.01. The van der Waals surface area contributed by atoms with Crippen LogP contribution in [0.15, 0.2) is 18.3 Å². The standard InChI is InChI=1S/C13H15N3O/c1-2-12(17)15-10-11-6-5-7-14-13(11)16-8-3-4-9-16/h1,5-7H,3-4,8-10H2,(H,15,17). The maximum Gasteiger partial charge on any atom is 0.295 e. The minimum Gasteiger partial charge on any atom is -0.356 e. The molecule has 0 unspecified atom stereocenters. The first-order chi connectivity index (χ1) is 8.31. The molecule has 1 fully saturated rings. The number of carbonyl (C=O) groups is 1. The maximum absolute atomic E-state index is 11.0.